The summed E-state index contributed by atoms with van der Waals surface area (Å²) < 4.78 is 26.8. The van der Waals surface area contributed by atoms with E-state index in [1.807, 2.05) is 13.8 Å². The number of halogens is 2. The van der Waals surface area contributed by atoms with Gasteiger partial charge < -0.3 is 10.4 Å². The van der Waals surface area contributed by atoms with E-state index in [1.165, 1.54) is 6.07 Å². The molecular formula is C14H19F2NO. The lowest BCUT2D eigenvalue weighted by Gasteiger charge is -2.47. The van der Waals surface area contributed by atoms with Gasteiger partial charge in [0.2, 0.25) is 0 Å². The molecule has 18 heavy (non-hydrogen) atoms. The summed E-state index contributed by atoms with van der Waals surface area (Å²) in [6, 6.07) is 3.38. The Balaban J connectivity index is 2.28. The Morgan fingerprint density at radius 1 is 1.33 bits per heavy atom. The van der Waals surface area contributed by atoms with Crippen molar-refractivity contribution in [2.45, 2.75) is 32.3 Å². The summed E-state index contributed by atoms with van der Waals surface area (Å²) in [4.78, 5) is 0. The molecule has 1 heterocycles. The Morgan fingerprint density at radius 3 is 2.72 bits per heavy atom. The monoisotopic (exact) mass is 255 g/mol. The van der Waals surface area contributed by atoms with Gasteiger partial charge >= 0.3 is 0 Å². The van der Waals surface area contributed by atoms with Crippen LogP contribution in [-0.4, -0.2) is 23.8 Å². The highest BCUT2D eigenvalue weighted by molar-refractivity contribution is 5.22. The molecule has 100 valence electrons. The van der Waals surface area contributed by atoms with Crippen molar-refractivity contribution >= 4 is 0 Å². The van der Waals surface area contributed by atoms with E-state index < -0.39 is 17.2 Å². The molecule has 1 saturated heterocycles. The summed E-state index contributed by atoms with van der Waals surface area (Å²) in [5, 5.41) is 14.0. The first kappa shape index (κ1) is 13.4. The Kier molecular flexibility index (Phi) is 3.43. The van der Waals surface area contributed by atoms with Gasteiger partial charge in [0, 0.05) is 18.4 Å². The molecule has 2 N–H and O–H groups in total. The minimum absolute atomic E-state index is 0.144. The van der Waals surface area contributed by atoms with E-state index in [4.69, 9.17) is 0 Å². The molecule has 0 saturated carbocycles. The zero-order chi connectivity index (χ0) is 13.4. The van der Waals surface area contributed by atoms with Crippen molar-refractivity contribution in [3.8, 4) is 0 Å². The summed E-state index contributed by atoms with van der Waals surface area (Å²) >= 11 is 0. The van der Waals surface area contributed by atoms with Crippen LogP contribution >= 0.6 is 0 Å². The maximum atomic E-state index is 13.7. The smallest absolute Gasteiger partial charge is 0.126 e. The number of nitrogens with one attached hydrogen (secondary N) is 1. The number of piperidine rings is 1. The van der Waals surface area contributed by atoms with Crippen LogP contribution in [0.1, 0.15) is 25.8 Å². The van der Waals surface area contributed by atoms with Crippen LogP contribution in [-0.2, 0) is 6.42 Å². The molecule has 2 nitrogen and oxygen atoms in total. The summed E-state index contributed by atoms with van der Waals surface area (Å²) in [6.45, 7) is 5.24. The van der Waals surface area contributed by atoms with Crippen LogP contribution < -0.4 is 5.32 Å². The average Bonchev–Trinajstić information content (AvgIpc) is 2.28. The summed E-state index contributed by atoms with van der Waals surface area (Å²) in [5.74, 6) is -0.930. The fourth-order valence-corrected chi connectivity index (χ4v) is 2.52. The lowest BCUT2D eigenvalue weighted by molar-refractivity contribution is -0.0874. The Bertz CT molecular complexity index is 447. The summed E-state index contributed by atoms with van der Waals surface area (Å²) in [5.41, 5.74) is -1.14. The zero-order valence-corrected chi connectivity index (χ0v) is 10.8. The van der Waals surface area contributed by atoms with E-state index in [1.54, 1.807) is 0 Å². The third-order valence-corrected chi connectivity index (χ3v) is 4.03. The van der Waals surface area contributed by atoms with Gasteiger partial charge in [0.25, 0.3) is 0 Å². The third kappa shape index (κ3) is 2.40. The predicted octanol–water partition coefficient (Wildman–Crippen LogP) is 2.26. The van der Waals surface area contributed by atoms with Crippen LogP contribution in [0.15, 0.2) is 18.2 Å². The molecule has 1 fully saturated rings. The van der Waals surface area contributed by atoms with Gasteiger partial charge in [0.05, 0.1) is 5.60 Å². The molecule has 0 bridgehead atoms. The summed E-state index contributed by atoms with van der Waals surface area (Å²) in [6.07, 6.45) is 0.682. The first-order valence-corrected chi connectivity index (χ1v) is 6.21. The van der Waals surface area contributed by atoms with E-state index >= 15 is 0 Å². The van der Waals surface area contributed by atoms with Crippen LogP contribution in [0.3, 0.4) is 0 Å². The highest BCUT2D eigenvalue weighted by atomic mass is 19.1. The third-order valence-electron chi connectivity index (χ3n) is 4.03. The van der Waals surface area contributed by atoms with Crippen LogP contribution in [0, 0.1) is 17.0 Å². The maximum Gasteiger partial charge on any atom is 0.126 e. The largest absolute Gasteiger partial charge is 0.389 e. The second kappa shape index (κ2) is 4.59. The quantitative estimate of drug-likeness (QED) is 0.849. The highest BCUT2D eigenvalue weighted by Crippen LogP contribution is 2.38. The van der Waals surface area contributed by atoms with E-state index in [2.05, 4.69) is 5.32 Å². The number of hydrogen-bond donors (Lipinski definition) is 2. The highest BCUT2D eigenvalue weighted by Gasteiger charge is 2.45. The molecule has 0 amide bonds. The van der Waals surface area contributed by atoms with Gasteiger partial charge in [-0.15, -0.1) is 0 Å². The van der Waals surface area contributed by atoms with Crippen molar-refractivity contribution in [3.05, 3.63) is 35.4 Å². The Hall–Kier alpha value is -1.00. The fourth-order valence-electron chi connectivity index (χ4n) is 2.52. The first-order valence-electron chi connectivity index (χ1n) is 6.21. The zero-order valence-electron chi connectivity index (χ0n) is 10.8. The van der Waals surface area contributed by atoms with Crippen LogP contribution in [0.25, 0.3) is 0 Å². The molecule has 1 unspecified atom stereocenters. The lowest BCUT2D eigenvalue weighted by atomic mass is 9.68. The van der Waals surface area contributed by atoms with Gasteiger partial charge in [-0.25, -0.2) is 8.78 Å². The van der Waals surface area contributed by atoms with Gasteiger partial charge in [-0.1, -0.05) is 13.8 Å². The molecule has 0 aliphatic carbocycles. The van der Waals surface area contributed by atoms with Crippen molar-refractivity contribution < 1.29 is 13.9 Å². The molecule has 0 aromatic heterocycles. The van der Waals surface area contributed by atoms with Crippen LogP contribution in [0.5, 0.6) is 0 Å². The number of hydrogen-bond acceptors (Lipinski definition) is 2. The van der Waals surface area contributed by atoms with E-state index in [0.717, 1.165) is 12.1 Å². The fraction of sp³-hybridized carbons (Fsp3) is 0.571. The van der Waals surface area contributed by atoms with Gasteiger partial charge in [0.1, 0.15) is 11.6 Å². The number of aliphatic hydroxyl groups is 1. The molecule has 4 heteroatoms. The van der Waals surface area contributed by atoms with Crippen molar-refractivity contribution in [2.75, 3.05) is 13.1 Å². The first-order chi connectivity index (χ1) is 8.34. The molecule has 0 spiro atoms. The van der Waals surface area contributed by atoms with Crippen molar-refractivity contribution in [2.24, 2.45) is 5.41 Å². The van der Waals surface area contributed by atoms with E-state index in [-0.39, 0.29) is 17.4 Å². The van der Waals surface area contributed by atoms with Crippen LogP contribution in [0.4, 0.5) is 8.78 Å². The Morgan fingerprint density at radius 2 is 2.06 bits per heavy atom. The molecule has 1 atom stereocenters. The van der Waals surface area contributed by atoms with E-state index in [9.17, 15) is 13.9 Å². The standard InChI is InChI=1S/C14H19F2NO/c1-13(2)9-17-6-5-14(13,18)8-10-7-11(15)3-4-12(10)16/h3-4,7,17-18H,5-6,8-9H2,1-2H3. The lowest BCUT2D eigenvalue weighted by Crippen LogP contribution is -2.57. The topological polar surface area (TPSA) is 32.3 Å². The van der Waals surface area contributed by atoms with Crippen LogP contribution in [0.2, 0.25) is 0 Å². The second-order valence-electron chi connectivity index (χ2n) is 5.75. The van der Waals surface area contributed by atoms with Crippen molar-refractivity contribution in [3.63, 3.8) is 0 Å². The normalized spacial score (nSPS) is 27.2. The number of benzene rings is 1. The molecule has 1 aliphatic heterocycles. The molecule has 2 rings (SSSR count). The maximum absolute atomic E-state index is 13.7. The van der Waals surface area contributed by atoms with Crippen molar-refractivity contribution in [1.29, 1.82) is 0 Å². The number of rotatable bonds is 2. The Labute approximate surface area is 106 Å². The molecular weight excluding hydrogens is 236 g/mol. The average molecular weight is 255 g/mol. The molecule has 1 aromatic carbocycles. The molecule has 0 radical (unpaired) electrons. The van der Waals surface area contributed by atoms with Crippen molar-refractivity contribution in [1.82, 2.24) is 5.32 Å². The molecule has 1 aliphatic rings. The van der Waals surface area contributed by atoms with Gasteiger partial charge in [-0.05, 0) is 36.7 Å². The van der Waals surface area contributed by atoms with Gasteiger partial charge in [0.15, 0.2) is 0 Å². The van der Waals surface area contributed by atoms with E-state index in [0.29, 0.717) is 19.5 Å². The predicted molar refractivity (Wildman–Crippen MR) is 66.3 cm³/mol. The summed E-state index contributed by atoms with van der Waals surface area (Å²) in [7, 11) is 0. The second-order valence-corrected chi connectivity index (χ2v) is 5.75. The minimum atomic E-state index is -1.01. The molecule has 1 aromatic rings. The van der Waals surface area contributed by atoms with Gasteiger partial charge in [-0.3, -0.25) is 0 Å². The minimum Gasteiger partial charge on any atom is -0.389 e. The van der Waals surface area contributed by atoms with Gasteiger partial charge in [-0.2, -0.15) is 0 Å². The SMILES string of the molecule is CC1(C)CNCCC1(O)Cc1cc(F)ccc1F.